The fraction of sp³-hybridized carbons (Fsp3) is 1.00. The zero-order valence-electron chi connectivity index (χ0n) is 8.30. The molecule has 2 fully saturated rings. The first-order chi connectivity index (χ1) is 6.11. The number of aliphatic hydroxyl groups is 1. The molecule has 4 atom stereocenters. The third kappa shape index (κ3) is 1.73. The molecule has 0 aliphatic heterocycles. The van der Waals surface area contributed by atoms with E-state index in [1.807, 2.05) is 6.92 Å². The zero-order chi connectivity index (χ0) is 9.47. The highest BCUT2D eigenvalue weighted by atomic mass is 35.5. The van der Waals surface area contributed by atoms with Crippen LogP contribution in [0.25, 0.3) is 0 Å². The summed E-state index contributed by atoms with van der Waals surface area (Å²) < 4.78 is 0. The van der Waals surface area contributed by atoms with Crippen LogP contribution in [0.1, 0.15) is 45.4 Å². The van der Waals surface area contributed by atoms with Gasteiger partial charge in [0, 0.05) is 5.38 Å². The molecule has 0 aromatic rings. The lowest BCUT2D eigenvalue weighted by Crippen LogP contribution is -2.48. The average Bonchev–Trinajstić information content (AvgIpc) is 2.13. The SMILES string of the molecule is C[C@@]1(O)CC[C@H](Cl)[C@@H]2CCCC[C@H]21. The van der Waals surface area contributed by atoms with Crippen molar-refractivity contribution >= 4 is 11.6 Å². The van der Waals surface area contributed by atoms with Crippen LogP contribution in [0.5, 0.6) is 0 Å². The normalized spacial score (nSPS) is 51.5. The summed E-state index contributed by atoms with van der Waals surface area (Å²) in [4.78, 5) is 0. The first-order valence-corrected chi connectivity index (χ1v) is 5.91. The second-order valence-electron chi connectivity index (χ2n) is 4.97. The lowest BCUT2D eigenvalue weighted by atomic mass is 9.63. The molecule has 0 aromatic heterocycles. The van der Waals surface area contributed by atoms with Crippen LogP contribution >= 0.6 is 11.6 Å². The first-order valence-electron chi connectivity index (χ1n) is 5.48. The van der Waals surface area contributed by atoms with Crippen LogP contribution in [0.2, 0.25) is 0 Å². The molecular formula is C11H19ClO. The molecule has 0 heterocycles. The predicted molar refractivity (Wildman–Crippen MR) is 54.9 cm³/mol. The minimum absolute atomic E-state index is 0.325. The first kappa shape index (κ1) is 9.79. The Bertz CT molecular complexity index is 191. The van der Waals surface area contributed by atoms with Gasteiger partial charge >= 0.3 is 0 Å². The van der Waals surface area contributed by atoms with Crippen LogP contribution in [0.15, 0.2) is 0 Å². The molecule has 76 valence electrons. The lowest BCUT2D eigenvalue weighted by molar-refractivity contribution is -0.0721. The minimum Gasteiger partial charge on any atom is -0.390 e. The molecule has 13 heavy (non-hydrogen) atoms. The Morgan fingerprint density at radius 2 is 1.92 bits per heavy atom. The maximum Gasteiger partial charge on any atom is 0.0651 e. The largest absolute Gasteiger partial charge is 0.390 e. The van der Waals surface area contributed by atoms with Gasteiger partial charge in [0.2, 0.25) is 0 Å². The van der Waals surface area contributed by atoms with E-state index in [9.17, 15) is 5.11 Å². The van der Waals surface area contributed by atoms with E-state index in [4.69, 9.17) is 11.6 Å². The molecule has 0 unspecified atom stereocenters. The van der Waals surface area contributed by atoms with E-state index in [-0.39, 0.29) is 0 Å². The Hall–Kier alpha value is 0.250. The summed E-state index contributed by atoms with van der Waals surface area (Å²) >= 11 is 6.31. The van der Waals surface area contributed by atoms with Crippen molar-refractivity contribution in [3.05, 3.63) is 0 Å². The summed E-state index contributed by atoms with van der Waals surface area (Å²) in [7, 11) is 0. The van der Waals surface area contributed by atoms with Gasteiger partial charge in [-0.3, -0.25) is 0 Å². The van der Waals surface area contributed by atoms with Gasteiger partial charge in [-0.05, 0) is 44.4 Å². The topological polar surface area (TPSA) is 20.2 Å². The van der Waals surface area contributed by atoms with Gasteiger partial charge in [-0.25, -0.2) is 0 Å². The molecule has 2 aliphatic rings. The summed E-state index contributed by atoms with van der Waals surface area (Å²) in [5, 5.41) is 10.6. The maximum atomic E-state index is 10.2. The Labute approximate surface area is 85.5 Å². The van der Waals surface area contributed by atoms with E-state index in [1.54, 1.807) is 0 Å². The van der Waals surface area contributed by atoms with E-state index in [2.05, 4.69) is 0 Å². The van der Waals surface area contributed by atoms with Gasteiger partial charge < -0.3 is 5.11 Å². The summed E-state index contributed by atoms with van der Waals surface area (Å²) in [6, 6.07) is 0. The average molecular weight is 203 g/mol. The molecule has 0 amide bonds. The molecule has 1 nitrogen and oxygen atoms in total. The van der Waals surface area contributed by atoms with Crippen LogP contribution in [0.3, 0.4) is 0 Å². The van der Waals surface area contributed by atoms with Crippen LogP contribution in [-0.2, 0) is 0 Å². The lowest BCUT2D eigenvalue weighted by Gasteiger charge is -2.47. The summed E-state index contributed by atoms with van der Waals surface area (Å²) in [5.74, 6) is 1.05. The smallest absolute Gasteiger partial charge is 0.0651 e. The minimum atomic E-state index is -0.434. The van der Waals surface area contributed by atoms with E-state index in [1.165, 1.54) is 25.7 Å². The standard InChI is InChI=1S/C11H19ClO/c1-11(13)7-6-10(12)8-4-2-3-5-9(8)11/h8-10,13H,2-7H2,1H3/t8-,9-,10+,11-/m1/s1. The van der Waals surface area contributed by atoms with E-state index < -0.39 is 5.60 Å². The molecule has 2 rings (SSSR count). The van der Waals surface area contributed by atoms with Crippen LogP contribution in [0, 0.1) is 11.8 Å². The predicted octanol–water partition coefficient (Wildman–Crippen LogP) is 2.95. The molecule has 2 heteroatoms. The maximum absolute atomic E-state index is 10.2. The summed E-state index contributed by atoms with van der Waals surface area (Å²) in [6.07, 6.45) is 6.88. The number of hydrogen-bond acceptors (Lipinski definition) is 1. The third-order valence-corrected chi connectivity index (χ3v) is 4.55. The third-order valence-electron chi connectivity index (χ3n) is 4.01. The highest BCUT2D eigenvalue weighted by molar-refractivity contribution is 6.20. The quantitative estimate of drug-likeness (QED) is 0.599. The second-order valence-corrected chi connectivity index (χ2v) is 5.53. The van der Waals surface area contributed by atoms with Gasteiger partial charge in [-0.2, -0.15) is 0 Å². The molecule has 0 saturated heterocycles. The highest BCUT2D eigenvalue weighted by Crippen LogP contribution is 2.47. The second kappa shape index (κ2) is 3.43. The van der Waals surface area contributed by atoms with Crippen molar-refractivity contribution in [2.75, 3.05) is 0 Å². The molecule has 0 spiro atoms. The van der Waals surface area contributed by atoms with Gasteiger partial charge in [0.1, 0.15) is 0 Å². The van der Waals surface area contributed by atoms with Crippen LogP contribution in [-0.4, -0.2) is 16.1 Å². The zero-order valence-corrected chi connectivity index (χ0v) is 9.06. The number of rotatable bonds is 0. The number of halogens is 1. The highest BCUT2D eigenvalue weighted by Gasteiger charge is 2.45. The Morgan fingerprint density at radius 3 is 2.62 bits per heavy atom. The van der Waals surface area contributed by atoms with Crippen molar-refractivity contribution in [3.8, 4) is 0 Å². The summed E-state index contributed by atoms with van der Waals surface area (Å²) in [5.41, 5.74) is -0.434. The molecule has 0 radical (unpaired) electrons. The van der Waals surface area contributed by atoms with Crippen molar-refractivity contribution in [1.29, 1.82) is 0 Å². The Balaban J connectivity index is 2.14. The number of fused-ring (bicyclic) bond motifs is 1. The molecular weight excluding hydrogens is 184 g/mol. The van der Waals surface area contributed by atoms with Gasteiger partial charge in [0.15, 0.2) is 0 Å². The Morgan fingerprint density at radius 1 is 1.23 bits per heavy atom. The van der Waals surface area contributed by atoms with Crippen molar-refractivity contribution in [2.45, 2.75) is 56.4 Å². The van der Waals surface area contributed by atoms with Crippen LogP contribution in [0.4, 0.5) is 0 Å². The fourth-order valence-corrected chi connectivity index (χ4v) is 3.60. The van der Waals surface area contributed by atoms with Crippen LogP contribution < -0.4 is 0 Å². The van der Waals surface area contributed by atoms with Gasteiger partial charge in [0.05, 0.1) is 5.60 Å². The molecule has 2 saturated carbocycles. The number of hydrogen-bond donors (Lipinski definition) is 1. The molecule has 2 aliphatic carbocycles. The fourth-order valence-electron chi connectivity index (χ4n) is 3.19. The van der Waals surface area contributed by atoms with Crippen molar-refractivity contribution in [3.63, 3.8) is 0 Å². The van der Waals surface area contributed by atoms with Gasteiger partial charge in [-0.1, -0.05) is 12.8 Å². The molecule has 0 bridgehead atoms. The van der Waals surface area contributed by atoms with Gasteiger partial charge in [-0.15, -0.1) is 11.6 Å². The monoisotopic (exact) mass is 202 g/mol. The van der Waals surface area contributed by atoms with Gasteiger partial charge in [0.25, 0.3) is 0 Å². The van der Waals surface area contributed by atoms with Crippen molar-refractivity contribution in [1.82, 2.24) is 0 Å². The molecule has 1 N–H and O–H groups in total. The molecule has 0 aromatic carbocycles. The van der Waals surface area contributed by atoms with E-state index in [0.29, 0.717) is 17.2 Å². The van der Waals surface area contributed by atoms with Crippen molar-refractivity contribution < 1.29 is 5.11 Å². The van der Waals surface area contributed by atoms with E-state index >= 15 is 0 Å². The number of alkyl halides is 1. The van der Waals surface area contributed by atoms with Crippen molar-refractivity contribution in [2.24, 2.45) is 11.8 Å². The summed E-state index contributed by atoms with van der Waals surface area (Å²) in [6.45, 7) is 2.00. The Kier molecular flexibility index (Phi) is 2.59. The van der Waals surface area contributed by atoms with E-state index in [0.717, 1.165) is 12.8 Å².